The van der Waals surface area contributed by atoms with Gasteiger partial charge in [-0.1, -0.05) is 30.3 Å². The molecule has 0 aliphatic heterocycles. The van der Waals surface area contributed by atoms with Crippen molar-refractivity contribution in [2.75, 3.05) is 5.43 Å². The Labute approximate surface area is 174 Å². The van der Waals surface area contributed by atoms with Crippen molar-refractivity contribution in [1.82, 2.24) is 20.2 Å². The standard InChI is InChI=1S/C21H15N7O3/c1-12-4-2-7-16-18(12)23-20-19(16)25-27-21(24-20)26-22-11-15-8-9-17(31-15)13-5-3-6-14(10-13)28(29)30/h2-11H,1H3,(H2,23,24,26,27)/b22-11-. The third kappa shape index (κ3) is 3.46. The molecule has 2 N–H and O–H groups in total. The fourth-order valence-corrected chi connectivity index (χ4v) is 3.30. The minimum Gasteiger partial charge on any atom is -0.455 e. The average molecular weight is 413 g/mol. The number of hydrogen-bond acceptors (Lipinski definition) is 8. The van der Waals surface area contributed by atoms with Crippen LogP contribution >= 0.6 is 0 Å². The molecular weight excluding hydrogens is 398 g/mol. The summed E-state index contributed by atoms with van der Waals surface area (Å²) >= 11 is 0. The van der Waals surface area contributed by atoms with Gasteiger partial charge < -0.3 is 9.40 Å². The second kappa shape index (κ2) is 7.34. The maximum Gasteiger partial charge on any atom is 0.270 e. The van der Waals surface area contributed by atoms with E-state index in [1.54, 1.807) is 24.3 Å². The van der Waals surface area contributed by atoms with Gasteiger partial charge in [0, 0.05) is 23.1 Å². The number of hydrazone groups is 1. The first-order valence-corrected chi connectivity index (χ1v) is 9.34. The van der Waals surface area contributed by atoms with Crippen LogP contribution in [-0.2, 0) is 0 Å². The molecule has 0 aliphatic rings. The highest BCUT2D eigenvalue weighted by atomic mass is 16.6. The molecule has 5 rings (SSSR count). The van der Waals surface area contributed by atoms with Crippen LogP contribution in [-0.4, -0.2) is 31.3 Å². The lowest BCUT2D eigenvalue weighted by Crippen LogP contribution is -1.98. The van der Waals surface area contributed by atoms with E-state index in [-0.39, 0.29) is 11.6 Å². The predicted octanol–water partition coefficient (Wildman–Crippen LogP) is 4.43. The molecule has 5 aromatic rings. The largest absolute Gasteiger partial charge is 0.455 e. The van der Waals surface area contributed by atoms with Gasteiger partial charge >= 0.3 is 0 Å². The highest BCUT2D eigenvalue weighted by molar-refractivity contribution is 6.04. The van der Waals surface area contributed by atoms with Crippen LogP contribution in [0, 0.1) is 17.0 Å². The van der Waals surface area contributed by atoms with Crippen LogP contribution in [0.3, 0.4) is 0 Å². The molecule has 3 heterocycles. The molecular formula is C21H15N7O3. The van der Waals surface area contributed by atoms with Gasteiger partial charge in [0.15, 0.2) is 5.65 Å². The van der Waals surface area contributed by atoms with E-state index < -0.39 is 4.92 Å². The summed E-state index contributed by atoms with van der Waals surface area (Å²) in [6.45, 7) is 2.01. The first-order valence-electron chi connectivity index (χ1n) is 9.34. The second-order valence-corrected chi connectivity index (χ2v) is 6.83. The van der Waals surface area contributed by atoms with Gasteiger partial charge in [-0.2, -0.15) is 10.1 Å². The van der Waals surface area contributed by atoms with Gasteiger partial charge in [-0.05, 0) is 24.6 Å². The van der Waals surface area contributed by atoms with Crippen LogP contribution in [0.5, 0.6) is 0 Å². The quantitative estimate of drug-likeness (QED) is 0.247. The maximum absolute atomic E-state index is 10.9. The van der Waals surface area contributed by atoms with Gasteiger partial charge in [-0.15, -0.1) is 10.2 Å². The number of nitrogens with zero attached hydrogens (tertiary/aromatic N) is 5. The summed E-state index contributed by atoms with van der Waals surface area (Å²) < 4.78 is 5.69. The zero-order valence-corrected chi connectivity index (χ0v) is 16.2. The number of nitrogens with one attached hydrogen (secondary N) is 2. The van der Waals surface area contributed by atoms with Crippen molar-refractivity contribution in [3.8, 4) is 11.3 Å². The first kappa shape index (κ1) is 18.4. The first-order chi connectivity index (χ1) is 15.1. The number of H-pyrrole nitrogens is 1. The zero-order valence-electron chi connectivity index (χ0n) is 16.2. The molecule has 0 spiro atoms. The van der Waals surface area contributed by atoms with Crippen molar-refractivity contribution in [3.63, 3.8) is 0 Å². The number of nitro groups is 1. The summed E-state index contributed by atoms with van der Waals surface area (Å²) in [6, 6.07) is 15.6. The fraction of sp³-hybridized carbons (Fsp3) is 0.0476. The monoisotopic (exact) mass is 413 g/mol. The fourth-order valence-electron chi connectivity index (χ4n) is 3.30. The summed E-state index contributed by atoms with van der Waals surface area (Å²) in [6.07, 6.45) is 1.46. The smallest absolute Gasteiger partial charge is 0.270 e. The Bertz CT molecular complexity index is 1470. The van der Waals surface area contributed by atoms with E-state index >= 15 is 0 Å². The summed E-state index contributed by atoms with van der Waals surface area (Å²) in [5.41, 5.74) is 6.72. The molecule has 3 aromatic heterocycles. The zero-order chi connectivity index (χ0) is 21.4. The van der Waals surface area contributed by atoms with E-state index in [1.165, 1.54) is 18.3 Å². The van der Waals surface area contributed by atoms with E-state index in [2.05, 4.69) is 30.7 Å². The number of aromatic amines is 1. The molecule has 0 fully saturated rings. The minimum atomic E-state index is -0.446. The number of fused-ring (bicyclic) bond motifs is 3. The Morgan fingerprint density at radius 3 is 2.90 bits per heavy atom. The molecule has 0 saturated heterocycles. The van der Waals surface area contributed by atoms with E-state index in [4.69, 9.17) is 4.42 Å². The summed E-state index contributed by atoms with van der Waals surface area (Å²) in [5.74, 6) is 1.20. The SMILES string of the molecule is Cc1cccc2c1[nH]c1nc(N/N=C\c3ccc(-c4cccc([N+](=O)[O-])c4)o3)nnc12. The molecule has 0 aliphatic carbocycles. The van der Waals surface area contributed by atoms with Gasteiger partial charge in [-0.3, -0.25) is 10.1 Å². The van der Waals surface area contributed by atoms with Gasteiger partial charge in [0.2, 0.25) is 0 Å². The Balaban J connectivity index is 1.34. The number of anilines is 1. The number of non-ortho nitro benzene ring substituents is 1. The number of para-hydroxylation sites is 1. The maximum atomic E-state index is 10.9. The van der Waals surface area contributed by atoms with E-state index in [1.807, 2.05) is 25.1 Å². The summed E-state index contributed by atoms with van der Waals surface area (Å²) in [5, 5.41) is 24.3. The molecule has 0 unspecified atom stereocenters. The van der Waals surface area contributed by atoms with Gasteiger partial charge in [-0.25, -0.2) is 5.43 Å². The molecule has 0 radical (unpaired) electrons. The lowest BCUT2D eigenvalue weighted by Gasteiger charge is -1.97. The number of aryl methyl sites for hydroxylation is 1. The summed E-state index contributed by atoms with van der Waals surface area (Å²) in [7, 11) is 0. The normalized spacial score (nSPS) is 11.5. The van der Waals surface area contributed by atoms with Crippen molar-refractivity contribution in [2.24, 2.45) is 5.10 Å². The molecule has 0 bridgehead atoms. The highest BCUT2D eigenvalue weighted by Crippen LogP contribution is 2.26. The summed E-state index contributed by atoms with van der Waals surface area (Å²) in [4.78, 5) is 18.2. The Morgan fingerprint density at radius 1 is 1.16 bits per heavy atom. The topological polar surface area (TPSA) is 135 Å². The number of furan rings is 1. The lowest BCUT2D eigenvalue weighted by atomic mass is 10.1. The molecule has 10 heteroatoms. The van der Waals surface area contributed by atoms with Gasteiger partial charge in [0.25, 0.3) is 11.6 Å². The van der Waals surface area contributed by atoms with Crippen LogP contribution in [0.25, 0.3) is 33.4 Å². The van der Waals surface area contributed by atoms with Crippen LogP contribution in [0.15, 0.2) is 64.1 Å². The minimum absolute atomic E-state index is 0.00186. The molecule has 10 nitrogen and oxygen atoms in total. The van der Waals surface area contributed by atoms with Crippen LogP contribution in [0.1, 0.15) is 11.3 Å². The number of hydrogen-bond donors (Lipinski definition) is 2. The average Bonchev–Trinajstić information content (AvgIpc) is 3.39. The second-order valence-electron chi connectivity index (χ2n) is 6.83. The number of benzene rings is 2. The van der Waals surface area contributed by atoms with E-state index in [0.717, 1.165) is 16.5 Å². The Kier molecular flexibility index (Phi) is 4.36. The van der Waals surface area contributed by atoms with Crippen molar-refractivity contribution in [3.05, 3.63) is 76.0 Å². The highest BCUT2D eigenvalue weighted by Gasteiger charge is 2.11. The lowest BCUT2D eigenvalue weighted by molar-refractivity contribution is -0.384. The van der Waals surface area contributed by atoms with Crippen molar-refractivity contribution in [2.45, 2.75) is 6.92 Å². The third-order valence-electron chi connectivity index (χ3n) is 4.78. The Hall–Kier alpha value is -4.60. The van der Waals surface area contributed by atoms with Gasteiger partial charge in [0.1, 0.15) is 17.0 Å². The van der Waals surface area contributed by atoms with Crippen LogP contribution in [0.4, 0.5) is 11.6 Å². The molecule has 0 saturated carbocycles. The third-order valence-corrected chi connectivity index (χ3v) is 4.78. The van der Waals surface area contributed by atoms with Crippen molar-refractivity contribution >= 4 is 39.9 Å². The van der Waals surface area contributed by atoms with Crippen LogP contribution < -0.4 is 5.43 Å². The predicted molar refractivity (Wildman–Crippen MR) is 116 cm³/mol. The number of aromatic nitrogens is 4. The number of rotatable bonds is 5. The van der Waals surface area contributed by atoms with Gasteiger partial charge in [0.05, 0.1) is 16.7 Å². The number of nitro benzene ring substituents is 1. The van der Waals surface area contributed by atoms with E-state index in [0.29, 0.717) is 28.2 Å². The molecule has 31 heavy (non-hydrogen) atoms. The molecule has 0 atom stereocenters. The van der Waals surface area contributed by atoms with Crippen LogP contribution in [0.2, 0.25) is 0 Å². The molecule has 152 valence electrons. The van der Waals surface area contributed by atoms with Crippen molar-refractivity contribution < 1.29 is 9.34 Å². The van der Waals surface area contributed by atoms with E-state index in [9.17, 15) is 10.1 Å². The molecule has 0 amide bonds. The Morgan fingerprint density at radius 2 is 2.03 bits per heavy atom. The van der Waals surface area contributed by atoms with Crippen molar-refractivity contribution in [1.29, 1.82) is 0 Å². The molecule has 2 aromatic carbocycles.